The molecule has 31 heavy (non-hydrogen) atoms. The Morgan fingerprint density at radius 2 is 2.00 bits per heavy atom. The van der Waals surface area contributed by atoms with Gasteiger partial charge in [0.25, 0.3) is 0 Å². The van der Waals surface area contributed by atoms with E-state index in [1.54, 1.807) is 13.2 Å². The van der Waals surface area contributed by atoms with E-state index in [0.717, 1.165) is 49.0 Å². The van der Waals surface area contributed by atoms with E-state index in [1.807, 2.05) is 12.1 Å². The first kappa shape index (κ1) is 24.8. The van der Waals surface area contributed by atoms with Gasteiger partial charge in [-0.2, -0.15) is 0 Å². The molecule has 2 heterocycles. The van der Waals surface area contributed by atoms with Gasteiger partial charge in [-0.05, 0) is 37.1 Å². The quantitative estimate of drug-likeness (QED) is 0.295. The maximum atomic E-state index is 13.8. The molecule has 2 aromatic rings. The SMILES string of the molecule is CN=C(NCc1cc(F)ccc1F)NCc1cccnc1N1CCCC(C(N)=O)C1.I. The van der Waals surface area contributed by atoms with Crippen LogP contribution >= 0.6 is 24.0 Å². The molecule has 1 fully saturated rings. The molecule has 1 aromatic carbocycles. The standard InChI is InChI=1S/C21H26F2N6O.HI/c1-25-21(28-12-16-10-17(22)6-7-18(16)23)27-11-14-4-2-8-26-20(14)29-9-3-5-15(13-29)19(24)30;/h2,4,6-8,10,15H,3,5,9,11-13H2,1H3,(H2,24,30)(H2,25,27,28);1H. The van der Waals surface area contributed by atoms with Gasteiger partial charge in [0.1, 0.15) is 17.5 Å². The maximum absolute atomic E-state index is 13.8. The Morgan fingerprint density at radius 1 is 1.26 bits per heavy atom. The summed E-state index contributed by atoms with van der Waals surface area (Å²) >= 11 is 0. The van der Waals surface area contributed by atoms with Crippen LogP contribution in [-0.2, 0) is 17.9 Å². The Balaban J connectivity index is 0.00000341. The lowest BCUT2D eigenvalue weighted by Crippen LogP contribution is -2.42. The smallest absolute Gasteiger partial charge is 0.222 e. The number of rotatable bonds is 6. The molecule has 0 saturated carbocycles. The van der Waals surface area contributed by atoms with Crippen molar-refractivity contribution >= 4 is 41.7 Å². The van der Waals surface area contributed by atoms with Crippen molar-refractivity contribution < 1.29 is 13.6 Å². The van der Waals surface area contributed by atoms with Crippen LogP contribution in [0.3, 0.4) is 0 Å². The van der Waals surface area contributed by atoms with Crippen LogP contribution in [0.1, 0.15) is 24.0 Å². The fourth-order valence-electron chi connectivity index (χ4n) is 3.51. The van der Waals surface area contributed by atoms with Crippen molar-refractivity contribution in [3.63, 3.8) is 0 Å². The Morgan fingerprint density at radius 3 is 2.71 bits per heavy atom. The number of nitrogens with one attached hydrogen (secondary N) is 2. The van der Waals surface area contributed by atoms with Gasteiger partial charge in [0.15, 0.2) is 5.96 Å². The molecule has 1 unspecified atom stereocenters. The van der Waals surface area contributed by atoms with Crippen LogP contribution < -0.4 is 21.3 Å². The lowest BCUT2D eigenvalue weighted by atomic mass is 9.97. The highest BCUT2D eigenvalue weighted by atomic mass is 127. The van der Waals surface area contributed by atoms with Crippen molar-refractivity contribution in [2.45, 2.75) is 25.9 Å². The first-order valence-corrected chi connectivity index (χ1v) is 9.84. The second-order valence-electron chi connectivity index (χ2n) is 7.19. The number of piperidine rings is 1. The van der Waals surface area contributed by atoms with Gasteiger partial charge in [0, 0.05) is 50.6 Å². The summed E-state index contributed by atoms with van der Waals surface area (Å²) in [5.74, 6) is -0.207. The predicted molar refractivity (Wildman–Crippen MR) is 127 cm³/mol. The van der Waals surface area contributed by atoms with Crippen LogP contribution in [0.5, 0.6) is 0 Å². The van der Waals surface area contributed by atoms with Crippen molar-refractivity contribution in [1.82, 2.24) is 15.6 Å². The van der Waals surface area contributed by atoms with Gasteiger partial charge in [0.2, 0.25) is 5.91 Å². The van der Waals surface area contributed by atoms with Crippen LogP contribution in [0.4, 0.5) is 14.6 Å². The van der Waals surface area contributed by atoms with Crippen LogP contribution in [0.15, 0.2) is 41.5 Å². The average Bonchev–Trinajstić information content (AvgIpc) is 2.76. The van der Waals surface area contributed by atoms with Gasteiger partial charge in [-0.3, -0.25) is 9.79 Å². The second-order valence-corrected chi connectivity index (χ2v) is 7.19. The van der Waals surface area contributed by atoms with Gasteiger partial charge in [-0.25, -0.2) is 13.8 Å². The van der Waals surface area contributed by atoms with Crippen molar-refractivity contribution in [3.05, 3.63) is 59.3 Å². The van der Waals surface area contributed by atoms with Crippen LogP contribution in [0.25, 0.3) is 0 Å². The zero-order valence-electron chi connectivity index (χ0n) is 17.3. The fraction of sp³-hybridized carbons (Fsp3) is 0.381. The van der Waals surface area contributed by atoms with Crippen LogP contribution in [0.2, 0.25) is 0 Å². The van der Waals surface area contributed by atoms with Gasteiger partial charge < -0.3 is 21.3 Å². The molecule has 168 valence electrons. The lowest BCUT2D eigenvalue weighted by Gasteiger charge is -2.33. The molecule has 7 nitrogen and oxygen atoms in total. The molecule has 0 spiro atoms. The number of guanidine groups is 1. The summed E-state index contributed by atoms with van der Waals surface area (Å²) in [7, 11) is 1.60. The third-order valence-corrected chi connectivity index (χ3v) is 5.11. The Hall–Kier alpha value is -2.50. The number of carbonyl (C=O) groups excluding carboxylic acids is 1. The number of anilines is 1. The highest BCUT2D eigenvalue weighted by molar-refractivity contribution is 14.0. The topological polar surface area (TPSA) is 95.6 Å². The summed E-state index contributed by atoms with van der Waals surface area (Å²) < 4.78 is 27.1. The summed E-state index contributed by atoms with van der Waals surface area (Å²) in [6.07, 6.45) is 3.38. The zero-order chi connectivity index (χ0) is 21.5. The Labute approximate surface area is 197 Å². The molecule has 1 aromatic heterocycles. The van der Waals surface area contributed by atoms with Gasteiger partial charge in [-0.15, -0.1) is 24.0 Å². The minimum absolute atomic E-state index is 0. The Bertz CT molecular complexity index is 926. The number of aliphatic imine (C=N–C) groups is 1. The van der Waals surface area contributed by atoms with Crippen LogP contribution in [-0.4, -0.2) is 37.0 Å². The number of primary amides is 1. The summed E-state index contributed by atoms with van der Waals surface area (Å²) in [6, 6.07) is 7.12. The molecular formula is C21H27F2IN6O. The molecule has 0 bridgehead atoms. The summed E-state index contributed by atoms with van der Waals surface area (Å²) in [4.78, 5) is 22.3. The number of nitrogens with zero attached hydrogens (tertiary/aromatic N) is 3. The van der Waals surface area contributed by atoms with E-state index >= 15 is 0 Å². The van der Waals surface area contributed by atoms with Gasteiger partial charge in [0.05, 0.1) is 5.92 Å². The maximum Gasteiger partial charge on any atom is 0.222 e. The number of amides is 1. The third kappa shape index (κ3) is 6.74. The van der Waals surface area contributed by atoms with E-state index < -0.39 is 11.6 Å². The van der Waals surface area contributed by atoms with E-state index in [4.69, 9.17) is 5.73 Å². The Kier molecular flexibility index (Phi) is 9.41. The number of pyridine rings is 1. The zero-order valence-corrected chi connectivity index (χ0v) is 19.6. The molecule has 0 aliphatic carbocycles. The summed E-state index contributed by atoms with van der Waals surface area (Å²) in [5.41, 5.74) is 6.64. The van der Waals surface area contributed by atoms with Gasteiger partial charge >= 0.3 is 0 Å². The molecule has 1 atom stereocenters. The second kappa shape index (κ2) is 11.8. The number of aromatic nitrogens is 1. The van der Waals surface area contributed by atoms with E-state index in [0.29, 0.717) is 19.0 Å². The number of nitrogens with two attached hydrogens (primary N) is 1. The van der Waals surface area contributed by atoms with Crippen molar-refractivity contribution in [3.8, 4) is 0 Å². The van der Waals surface area contributed by atoms with E-state index in [9.17, 15) is 13.6 Å². The molecular weight excluding hydrogens is 517 g/mol. The highest BCUT2D eigenvalue weighted by Gasteiger charge is 2.26. The number of benzene rings is 1. The van der Waals surface area contributed by atoms with Crippen molar-refractivity contribution in [2.24, 2.45) is 16.6 Å². The molecule has 1 aliphatic rings. The number of hydrogen-bond donors (Lipinski definition) is 3. The molecule has 1 amide bonds. The molecule has 0 radical (unpaired) electrons. The minimum Gasteiger partial charge on any atom is -0.369 e. The van der Waals surface area contributed by atoms with Crippen molar-refractivity contribution in [1.29, 1.82) is 0 Å². The van der Waals surface area contributed by atoms with Crippen LogP contribution in [0, 0.1) is 17.6 Å². The molecule has 1 saturated heterocycles. The normalized spacial score (nSPS) is 16.4. The first-order valence-electron chi connectivity index (χ1n) is 9.84. The number of carbonyl (C=O) groups is 1. The van der Waals surface area contributed by atoms with Crippen molar-refractivity contribution in [2.75, 3.05) is 25.0 Å². The van der Waals surface area contributed by atoms with E-state index in [-0.39, 0.29) is 47.9 Å². The largest absolute Gasteiger partial charge is 0.369 e. The predicted octanol–water partition coefficient (Wildman–Crippen LogP) is 2.54. The number of halogens is 3. The number of hydrogen-bond acceptors (Lipinski definition) is 4. The lowest BCUT2D eigenvalue weighted by molar-refractivity contribution is -0.122. The molecule has 1 aliphatic heterocycles. The van der Waals surface area contributed by atoms with E-state index in [1.165, 1.54) is 0 Å². The highest BCUT2D eigenvalue weighted by Crippen LogP contribution is 2.24. The monoisotopic (exact) mass is 544 g/mol. The summed E-state index contributed by atoms with van der Waals surface area (Å²) in [6.45, 7) is 1.87. The minimum atomic E-state index is -0.494. The average molecular weight is 544 g/mol. The summed E-state index contributed by atoms with van der Waals surface area (Å²) in [5, 5.41) is 6.15. The third-order valence-electron chi connectivity index (χ3n) is 5.11. The van der Waals surface area contributed by atoms with Gasteiger partial charge in [-0.1, -0.05) is 6.07 Å². The van der Waals surface area contributed by atoms with E-state index in [2.05, 4.69) is 25.5 Å². The first-order chi connectivity index (χ1) is 14.5. The fourth-order valence-corrected chi connectivity index (χ4v) is 3.51. The molecule has 3 rings (SSSR count). The molecule has 10 heteroatoms. The molecule has 4 N–H and O–H groups in total.